The number of halogens is 1. The van der Waals surface area contributed by atoms with Crippen molar-refractivity contribution in [2.75, 3.05) is 13.2 Å². The molecular formula is C12H15ClN2O5. The van der Waals surface area contributed by atoms with Crippen LogP contribution < -0.4 is 10.5 Å². The second-order valence-electron chi connectivity index (χ2n) is 3.86. The molecule has 0 saturated carbocycles. The summed E-state index contributed by atoms with van der Waals surface area (Å²) in [5.74, 6) is -0.491. The fraction of sp³-hybridized carbons (Fsp3) is 0.417. The highest BCUT2D eigenvalue weighted by molar-refractivity contribution is 6.30. The van der Waals surface area contributed by atoms with E-state index in [2.05, 4.69) is 0 Å². The summed E-state index contributed by atoms with van der Waals surface area (Å²) in [4.78, 5) is 21.5. The molecule has 0 bridgehead atoms. The Morgan fingerprint density at radius 3 is 2.85 bits per heavy atom. The van der Waals surface area contributed by atoms with Crippen molar-refractivity contribution in [1.82, 2.24) is 0 Å². The normalized spacial score (nSPS) is 11.8. The first-order chi connectivity index (χ1) is 9.45. The molecule has 1 aromatic rings. The Labute approximate surface area is 120 Å². The van der Waals surface area contributed by atoms with Crippen molar-refractivity contribution in [3.05, 3.63) is 33.3 Å². The highest BCUT2D eigenvalue weighted by Gasteiger charge is 2.18. The predicted octanol–water partition coefficient (Wildman–Crippen LogP) is 1.91. The predicted molar refractivity (Wildman–Crippen MR) is 72.8 cm³/mol. The molecule has 0 aliphatic rings. The second-order valence-corrected chi connectivity index (χ2v) is 4.30. The molecule has 0 aromatic heterocycles. The second kappa shape index (κ2) is 7.66. The van der Waals surface area contributed by atoms with Gasteiger partial charge in [0.1, 0.15) is 6.04 Å². The Morgan fingerprint density at radius 2 is 2.25 bits per heavy atom. The number of nitro groups is 1. The topological polar surface area (TPSA) is 105 Å². The Hall–Kier alpha value is -1.86. The molecule has 1 aromatic carbocycles. The van der Waals surface area contributed by atoms with E-state index in [4.69, 9.17) is 26.8 Å². The summed E-state index contributed by atoms with van der Waals surface area (Å²) in [5.41, 5.74) is 5.39. The van der Waals surface area contributed by atoms with Gasteiger partial charge in [-0.2, -0.15) is 0 Å². The number of carbonyl (C=O) groups is 1. The first kappa shape index (κ1) is 16.2. The average molecular weight is 303 g/mol. The third kappa shape index (κ3) is 4.67. The van der Waals surface area contributed by atoms with E-state index in [-0.39, 0.29) is 31.1 Å². The summed E-state index contributed by atoms with van der Waals surface area (Å²) in [5, 5.41) is 11.1. The maximum absolute atomic E-state index is 11.3. The van der Waals surface area contributed by atoms with E-state index in [1.165, 1.54) is 18.2 Å². The van der Waals surface area contributed by atoms with Crippen LogP contribution in [0.25, 0.3) is 0 Å². The molecule has 7 nitrogen and oxygen atoms in total. The molecule has 0 spiro atoms. The quantitative estimate of drug-likeness (QED) is 0.468. The number of rotatable bonds is 7. The van der Waals surface area contributed by atoms with Crippen molar-refractivity contribution >= 4 is 23.3 Å². The van der Waals surface area contributed by atoms with Gasteiger partial charge in [0, 0.05) is 23.6 Å². The van der Waals surface area contributed by atoms with Gasteiger partial charge in [-0.05, 0) is 13.0 Å². The molecule has 0 fully saturated rings. The van der Waals surface area contributed by atoms with Crippen LogP contribution in [0.4, 0.5) is 5.69 Å². The minimum atomic E-state index is -0.826. The van der Waals surface area contributed by atoms with Crippen LogP contribution in [0.15, 0.2) is 18.2 Å². The molecule has 2 N–H and O–H groups in total. The lowest BCUT2D eigenvalue weighted by Gasteiger charge is -2.11. The molecule has 0 aliphatic carbocycles. The van der Waals surface area contributed by atoms with Crippen molar-refractivity contribution in [3.8, 4) is 5.75 Å². The van der Waals surface area contributed by atoms with E-state index in [1.54, 1.807) is 6.92 Å². The van der Waals surface area contributed by atoms with Crippen LogP contribution in [-0.4, -0.2) is 30.1 Å². The number of esters is 1. The molecule has 8 heteroatoms. The van der Waals surface area contributed by atoms with Gasteiger partial charge in [0.25, 0.3) is 0 Å². The van der Waals surface area contributed by atoms with E-state index in [0.717, 1.165) is 0 Å². The van der Waals surface area contributed by atoms with E-state index < -0.39 is 16.9 Å². The van der Waals surface area contributed by atoms with Gasteiger partial charge in [-0.25, -0.2) is 0 Å². The maximum Gasteiger partial charge on any atom is 0.323 e. The molecule has 1 rings (SSSR count). The van der Waals surface area contributed by atoms with Gasteiger partial charge in [0.05, 0.1) is 18.1 Å². The minimum absolute atomic E-state index is 0.0403. The first-order valence-electron chi connectivity index (χ1n) is 5.94. The summed E-state index contributed by atoms with van der Waals surface area (Å²) >= 11 is 5.75. The van der Waals surface area contributed by atoms with Crippen LogP contribution in [0.1, 0.15) is 13.3 Å². The van der Waals surface area contributed by atoms with Crippen LogP contribution in [0.3, 0.4) is 0 Å². The van der Waals surface area contributed by atoms with Crippen LogP contribution in [0.5, 0.6) is 5.75 Å². The Kier molecular flexibility index (Phi) is 6.20. The lowest BCUT2D eigenvalue weighted by Crippen LogP contribution is -2.33. The van der Waals surface area contributed by atoms with Crippen molar-refractivity contribution in [2.45, 2.75) is 19.4 Å². The fourth-order valence-electron chi connectivity index (χ4n) is 1.42. The summed E-state index contributed by atoms with van der Waals surface area (Å²) in [6.07, 6.45) is 0.183. The molecule has 0 radical (unpaired) electrons. The standard InChI is InChI=1S/C12H15ClN2O5/c1-2-19-12(16)9(14)5-6-20-11-7-8(13)3-4-10(11)15(17)18/h3-4,7,9H,2,5-6,14H2,1H3. The molecule has 0 aliphatic heterocycles. The van der Waals surface area contributed by atoms with Gasteiger partial charge < -0.3 is 15.2 Å². The number of hydrogen-bond acceptors (Lipinski definition) is 6. The molecule has 0 amide bonds. The van der Waals surface area contributed by atoms with E-state index in [9.17, 15) is 14.9 Å². The lowest BCUT2D eigenvalue weighted by atomic mass is 10.2. The highest BCUT2D eigenvalue weighted by atomic mass is 35.5. The van der Waals surface area contributed by atoms with E-state index in [1.807, 2.05) is 0 Å². The Morgan fingerprint density at radius 1 is 1.55 bits per heavy atom. The van der Waals surface area contributed by atoms with Gasteiger partial charge in [-0.1, -0.05) is 11.6 Å². The Balaban J connectivity index is 2.59. The number of benzene rings is 1. The Bertz CT molecular complexity index is 495. The third-order valence-corrected chi connectivity index (χ3v) is 2.63. The summed E-state index contributed by atoms with van der Waals surface area (Å²) < 4.78 is 10.0. The number of ether oxygens (including phenoxy) is 2. The van der Waals surface area contributed by atoms with Crippen LogP contribution in [0, 0.1) is 10.1 Å². The smallest absolute Gasteiger partial charge is 0.323 e. The highest BCUT2D eigenvalue weighted by Crippen LogP contribution is 2.29. The van der Waals surface area contributed by atoms with Gasteiger partial charge in [-0.3, -0.25) is 14.9 Å². The van der Waals surface area contributed by atoms with E-state index >= 15 is 0 Å². The zero-order valence-electron chi connectivity index (χ0n) is 10.9. The summed E-state index contributed by atoms with van der Waals surface area (Å²) in [6, 6.07) is 3.17. The summed E-state index contributed by atoms with van der Waals surface area (Å²) in [7, 11) is 0. The largest absolute Gasteiger partial charge is 0.487 e. The van der Waals surface area contributed by atoms with Crippen molar-refractivity contribution in [2.24, 2.45) is 5.73 Å². The summed E-state index contributed by atoms with van der Waals surface area (Å²) in [6.45, 7) is 1.96. The molecule has 1 unspecified atom stereocenters. The van der Waals surface area contributed by atoms with Gasteiger partial charge >= 0.3 is 11.7 Å². The van der Waals surface area contributed by atoms with Crippen molar-refractivity contribution in [1.29, 1.82) is 0 Å². The molecule has 110 valence electrons. The zero-order chi connectivity index (χ0) is 15.1. The third-order valence-electron chi connectivity index (χ3n) is 2.39. The van der Waals surface area contributed by atoms with Gasteiger partial charge in [-0.15, -0.1) is 0 Å². The molecular weight excluding hydrogens is 288 g/mol. The zero-order valence-corrected chi connectivity index (χ0v) is 11.6. The molecule has 20 heavy (non-hydrogen) atoms. The number of nitro benzene ring substituents is 1. The minimum Gasteiger partial charge on any atom is -0.487 e. The number of nitrogens with two attached hydrogens (primary N) is 1. The van der Waals surface area contributed by atoms with Crippen molar-refractivity contribution in [3.63, 3.8) is 0 Å². The molecule has 0 heterocycles. The maximum atomic E-state index is 11.3. The fourth-order valence-corrected chi connectivity index (χ4v) is 1.58. The number of hydrogen-bond donors (Lipinski definition) is 1. The molecule has 0 saturated heterocycles. The van der Waals surface area contributed by atoms with Gasteiger partial charge in [0.2, 0.25) is 0 Å². The lowest BCUT2D eigenvalue weighted by molar-refractivity contribution is -0.385. The monoisotopic (exact) mass is 302 g/mol. The SMILES string of the molecule is CCOC(=O)C(N)CCOc1cc(Cl)ccc1[N+](=O)[O-]. The van der Waals surface area contributed by atoms with Crippen LogP contribution in [0.2, 0.25) is 5.02 Å². The van der Waals surface area contributed by atoms with Crippen molar-refractivity contribution < 1.29 is 19.2 Å². The number of carbonyl (C=O) groups excluding carboxylic acids is 1. The average Bonchev–Trinajstić information content (AvgIpc) is 2.38. The van der Waals surface area contributed by atoms with Gasteiger partial charge in [0.15, 0.2) is 5.75 Å². The van der Waals surface area contributed by atoms with Crippen LogP contribution in [-0.2, 0) is 9.53 Å². The van der Waals surface area contributed by atoms with Crippen LogP contribution >= 0.6 is 11.6 Å². The first-order valence-corrected chi connectivity index (χ1v) is 6.32. The van der Waals surface area contributed by atoms with E-state index in [0.29, 0.717) is 5.02 Å². The molecule has 1 atom stereocenters. The number of nitrogens with zero attached hydrogens (tertiary/aromatic N) is 1.